The van der Waals surface area contributed by atoms with Crippen LogP contribution in [0, 0.1) is 11.8 Å². The number of aromatic nitrogens is 1. The van der Waals surface area contributed by atoms with Crippen molar-refractivity contribution in [1.29, 1.82) is 0 Å². The minimum atomic E-state index is 0.128. The van der Waals surface area contributed by atoms with Gasteiger partial charge in [0.2, 0.25) is 5.91 Å². The minimum Gasteiger partial charge on any atom is -0.356 e. The second kappa shape index (κ2) is 9.48. The van der Waals surface area contributed by atoms with Crippen LogP contribution in [-0.4, -0.2) is 89.4 Å². The van der Waals surface area contributed by atoms with Crippen LogP contribution in [0.3, 0.4) is 0 Å². The number of carbonyl (C=O) groups is 2. The average molecular weight is 466 g/mol. The van der Waals surface area contributed by atoms with Crippen LogP contribution in [0.2, 0.25) is 0 Å². The minimum absolute atomic E-state index is 0.128. The molecular weight excluding hydrogens is 426 g/mol. The van der Waals surface area contributed by atoms with E-state index in [1.165, 1.54) is 38.8 Å². The molecule has 7 heteroatoms. The molecule has 6 heterocycles. The van der Waals surface area contributed by atoms with Crippen molar-refractivity contribution < 1.29 is 9.59 Å². The number of hydrogen-bond donors (Lipinski definition) is 0. The molecule has 0 radical (unpaired) electrons. The molecule has 0 N–H and O–H groups in total. The van der Waals surface area contributed by atoms with Crippen molar-refractivity contribution in [3.63, 3.8) is 0 Å². The molecule has 5 aliphatic rings. The van der Waals surface area contributed by atoms with Gasteiger partial charge in [0, 0.05) is 57.4 Å². The van der Waals surface area contributed by atoms with E-state index in [1.807, 2.05) is 17.0 Å². The van der Waals surface area contributed by atoms with Crippen molar-refractivity contribution in [3.8, 4) is 0 Å². The van der Waals surface area contributed by atoms with Crippen LogP contribution in [0.15, 0.2) is 18.3 Å². The van der Waals surface area contributed by atoms with Crippen LogP contribution in [-0.2, 0) is 4.79 Å². The standard InChI is InChI=1S/C27H39N5O2/c33-26-6-4-5-24-22-15-20(18-32(24)26)17-31(19-22)25-8-7-21(16-28-25)27(34)30-13-9-23(10-14-30)29-11-2-1-3-12-29/h7-8,16,20,22-24H,1-6,9-15,17-19H2/t20-,22-,24-/m1/s1. The summed E-state index contributed by atoms with van der Waals surface area (Å²) in [6, 6.07) is 5.08. The molecule has 1 aromatic heterocycles. The quantitative estimate of drug-likeness (QED) is 0.687. The summed E-state index contributed by atoms with van der Waals surface area (Å²) in [6.45, 7) is 7.00. The van der Waals surface area contributed by atoms with Crippen molar-refractivity contribution in [2.24, 2.45) is 11.8 Å². The summed E-state index contributed by atoms with van der Waals surface area (Å²) in [5.74, 6) is 2.54. The van der Waals surface area contributed by atoms with E-state index in [2.05, 4.69) is 14.7 Å². The number of likely N-dealkylation sites (tertiary alicyclic amines) is 2. The number of hydrogen-bond acceptors (Lipinski definition) is 5. The van der Waals surface area contributed by atoms with Crippen LogP contribution < -0.4 is 4.90 Å². The van der Waals surface area contributed by atoms with Crippen molar-refractivity contribution in [2.45, 2.75) is 69.9 Å². The Morgan fingerprint density at radius 1 is 0.912 bits per heavy atom. The van der Waals surface area contributed by atoms with E-state index in [9.17, 15) is 9.59 Å². The SMILES string of the molecule is O=C(c1ccc(N2C[C@H]3C[C@H](C2)[C@H]2CCCC(=O)N2C3)nc1)N1CCC(N2CCCCC2)CC1. The van der Waals surface area contributed by atoms with Gasteiger partial charge < -0.3 is 19.6 Å². The van der Waals surface area contributed by atoms with Crippen molar-refractivity contribution >= 4 is 17.6 Å². The van der Waals surface area contributed by atoms with Crippen LogP contribution in [0.4, 0.5) is 5.82 Å². The topological polar surface area (TPSA) is 60.0 Å². The predicted molar refractivity (Wildman–Crippen MR) is 132 cm³/mol. The first kappa shape index (κ1) is 22.3. The van der Waals surface area contributed by atoms with Gasteiger partial charge in [-0.2, -0.15) is 0 Å². The fourth-order valence-electron chi connectivity index (χ4n) is 7.40. The Kier molecular flexibility index (Phi) is 6.22. The fraction of sp³-hybridized carbons (Fsp3) is 0.741. The van der Waals surface area contributed by atoms with Gasteiger partial charge in [0.25, 0.3) is 5.91 Å². The molecule has 0 aliphatic carbocycles. The second-order valence-electron chi connectivity index (χ2n) is 11.3. The van der Waals surface area contributed by atoms with Gasteiger partial charge >= 0.3 is 0 Å². The first-order valence-corrected chi connectivity index (χ1v) is 13.7. The molecule has 184 valence electrons. The molecule has 5 fully saturated rings. The smallest absolute Gasteiger partial charge is 0.255 e. The van der Waals surface area contributed by atoms with Gasteiger partial charge in [-0.3, -0.25) is 9.59 Å². The number of carbonyl (C=O) groups excluding carboxylic acids is 2. The highest BCUT2D eigenvalue weighted by molar-refractivity contribution is 5.94. The highest BCUT2D eigenvalue weighted by Gasteiger charge is 2.44. The molecule has 2 bridgehead atoms. The predicted octanol–water partition coefficient (Wildman–Crippen LogP) is 3.01. The number of nitrogens with zero attached hydrogens (tertiary/aromatic N) is 5. The Morgan fingerprint density at radius 2 is 1.74 bits per heavy atom. The van der Waals surface area contributed by atoms with Crippen LogP contribution in [0.25, 0.3) is 0 Å². The van der Waals surface area contributed by atoms with Gasteiger partial charge in [0.05, 0.1) is 5.56 Å². The number of fused-ring (bicyclic) bond motifs is 4. The highest BCUT2D eigenvalue weighted by atomic mass is 16.2. The van der Waals surface area contributed by atoms with Crippen LogP contribution in [0.1, 0.15) is 68.1 Å². The van der Waals surface area contributed by atoms with E-state index in [1.54, 1.807) is 6.20 Å². The first-order valence-electron chi connectivity index (χ1n) is 13.7. The maximum atomic E-state index is 13.1. The van der Waals surface area contributed by atoms with E-state index in [-0.39, 0.29) is 5.91 Å². The average Bonchev–Trinajstić information content (AvgIpc) is 2.89. The maximum Gasteiger partial charge on any atom is 0.255 e. The summed E-state index contributed by atoms with van der Waals surface area (Å²) in [5, 5.41) is 0. The summed E-state index contributed by atoms with van der Waals surface area (Å²) in [5.41, 5.74) is 0.710. The molecule has 3 atom stereocenters. The summed E-state index contributed by atoms with van der Waals surface area (Å²) in [7, 11) is 0. The number of anilines is 1. The molecule has 1 aromatic rings. The molecule has 0 aromatic carbocycles. The Hall–Kier alpha value is -2.15. The summed E-state index contributed by atoms with van der Waals surface area (Å²) < 4.78 is 0. The molecule has 0 unspecified atom stereocenters. The molecule has 0 spiro atoms. The molecule has 0 saturated carbocycles. The summed E-state index contributed by atoms with van der Waals surface area (Å²) in [4.78, 5) is 39.5. The number of rotatable bonds is 3. The first-order chi connectivity index (χ1) is 16.7. The number of pyridine rings is 1. The lowest BCUT2D eigenvalue weighted by Gasteiger charge is -2.52. The van der Waals surface area contributed by atoms with Crippen molar-refractivity contribution in [3.05, 3.63) is 23.9 Å². The van der Waals surface area contributed by atoms with Gasteiger partial charge in [0.1, 0.15) is 5.82 Å². The third-order valence-corrected chi connectivity index (χ3v) is 9.16. The molecule has 5 aliphatic heterocycles. The Labute approximate surface area is 203 Å². The van der Waals surface area contributed by atoms with E-state index >= 15 is 0 Å². The highest BCUT2D eigenvalue weighted by Crippen LogP contribution is 2.39. The second-order valence-corrected chi connectivity index (χ2v) is 11.3. The zero-order valence-corrected chi connectivity index (χ0v) is 20.4. The Balaban J connectivity index is 1.06. The lowest BCUT2D eigenvalue weighted by Crippen LogP contribution is -2.60. The van der Waals surface area contributed by atoms with Gasteiger partial charge in [-0.15, -0.1) is 0 Å². The molecule has 7 nitrogen and oxygen atoms in total. The third kappa shape index (κ3) is 4.32. The van der Waals surface area contributed by atoms with E-state index in [4.69, 9.17) is 4.98 Å². The lowest BCUT2D eigenvalue weighted by molar-refractivity contribution is -0.142. The number of piperidine rings is 5. The van der Waals surface area contributed by atoms with Crippen LogP contribution >= 0.6 is 0 Å². The van der Waals surface area contributed by atoms with Crippen molar-refractivity contribution in [2.75, 3.05) is 50.7 Å². The molecule has 2 amide bonds. The van der Waals surface area contributed by atoms with Gasteiger partial charge in [-0.1, -0.05) is 6.42 Å². The molecule has 6 rings (SSSR count). The van der Waals surface area contributed by atoms with E-state index in [0.29, 0.717) is 35.4 Å². The van der Waals surface area contributed by atoms with Gasteiger partial charge in [-0.05, 0) is 82.0 Å². The van der Waals surface area contributed by atoms with E-state index in [0.717, 1.165) is 70.6 Å². The Bertz CT molecular complexity index is 891. The largest absolute Gasteiger partial charge is 0.356 e. The van der Waals surface area contributed by atoms with Crippen molar-refractivity contribution in [1.82, 2.24) is 19.7 Å². The third-order valence-electron chi connectivity index (χ3n) is 9.16. The monoisotopic (exact) mass is 465 g/mol. The molecule has 5 saturated heterocycles. The Morgan fingerprint density at radius 3 is 2.50 bits per heavy atom. The zero-order chi connectivity index (χ0) is 23.1. The summed E-state index contributed by atoms with van der Waals surface area (Å²) >= 11 is 0. The van der Waals surface area contributed by atoms with Gasteiger partial charge in [-0.25, -0.2) is 4.98 Å². The fourth-order valence-corrected chi connectivity index (χ4v) is 7.40. The van der Waals surface area contributed by atoms with Gasteiger partial charge in [0.15, 0.2) is 0 Å². The van der Waals surface area contributed by atoms with Crippen LogP contribution in [0.5, 0.6) is 0 Å². The summed E-state index contributed by atoms with van der Waals surface area (Å²) in [6.07, 6.45) is 12.1. The lowest BCUT2D eigenvalue weighted by atomic mass is 9.76. The number of amides is 2. The van der Waals surface area contributed by atoms with E-state index < -0.39 is 0 Å². The molecule has 34 heavy (non-hydrogen) atoms. The molecular formula is C27H39N5O2. The zero-order valence-electron chi connectivity index (χ0n) is 20.4. The normalized spacial score (nSPS) is 30.9. The maximum absolute atomic E-state index is 13.1.